The Labute approximate surface area is 200 Å². The van der Waals surface area contributed by atoms with Gasteiger partial charge in [-0.15, -0.1) is 4.37 Å². The molecule has 0 bridgehead atoms. The predicted octanol–water partition coefficient (Wildman–Crippen LogP) is 2.25. The molecule has 1 aliphatic heterocycles. The molecule has 1 saturated heterocycles. The lowest BCUT2D eigenvalue weighted by molar-refractivity contribution is -0.426. The van der Waals surface area contributed by atoms with Crippen LogP contribution in [-0.4, -0.2) is 35.6 Å². The zero-order valence-corrected chi connectivity index (χ0v) is 19.0. The molecule has 0 unspecified atom stereocenters. The van der Waals surface area contributed by atoms with Gasteiger partial charge in [-0.25, -0.2) is 28.9 Å². The van der Waals surface area contributed by atoms with Crippen LogP contribution in [0.15, 0.2) is 69.3 Å². The second-order valence-electron chi connectivity index (χ2n) is 7.32. The zero-order valence-electron chi connectivity index (χ0n) is 17.5. The molecule has 2 aromatic carbocycles. The van der Waals surface area contributed by atoms with Crippen LogP contribution in [0.5, 0.6) is 11.6 Å². The number of halogens is 1. The van der Waals surface area contributed by atoms with Gasteiger partial charge in [0.25, 0.3) is 5.88 Å². The number of benzene rings is 2. The van der Waals surface area contributed by atoms with E-state index in [4.69, 9.17) is 21.2 Å². The maximum Gasteiger partial charge on any atom is 0.335 e. The first-order chi connectivity index (χ1) is 16.5. The van der Waals surface area contributed by atoms with E-state index in [1.165, 1.54) is 10.8 Å². The second kappa shape index (κ2) is 9.73. The van der Waals surface area contributed by atoms with Crippen molar-refractivity contribution in [3.8, 4) is 11.6 Å². The summed E-state index contributed by atoms with van der Waals surface area (Å²) in [5.41, 5.74) is 0.304. The molecule has 0 amide bonds. The Morgan fingerprint density at radius 2 is 1.91 bits per heavy atom. The van der Waals surface area contributed by atoms with Crippen LogP contribution in [0.2, 0.25) is 5.02 Å². The molecule has 0 radical (unpaired) electrons. The third-order valence-electron chi connectivity index (χ3n) is 4.91. The molecule has 0 saturated carbocycles. The summed E-state index contributed by atoms with van der Waals surface area (Å²) in [6.07, 6.45) is 1.15. The minimum absolute atomic E-state index is 0.0621. The average Bonchev–Trinajstić information content (AvgIpc) is 3.31. The second-order valence-corrected chi connectivity index (χ2v) is 8.31. The molecule has 174 valence electrons. The molecule has 0 spiro atoms. The van der Waals surface area contributed by atoms with Gasteiger partial charge >= 0.3 is 11.4 Å². The highest BCUT2D eigenvalue weighted by Crippen LogP contribution is 2.22. The molecule has 34 heavy (non-hydrogen) atoms. The summed E-state index contributed by atoms with van der Waals surface area (Å²) in [4.78, 5) is 42.8. The Balaban J connectivity index is 1.53. The van der Waals surface area contributed by atoms with E-state index >= 15 is 0 Å². The van der Waals surface area contributed by atoms with Crippen LogP contribution in [0, 0.1) is 0 Å². The molecular weight excluding hydrogens is 484 g/mol. The Morgan fingerprint density at radius 3 is 2.56 bits per heavy atom. The first-order valence-electron chi connectivity index (χ1n) is 10.1. The SMILES string of the molecule is O=c1[nH]/c(=N\c2ccc(Oc3cnsn3)cc2)n(Cc2ccc(Cl)cc2)c(=O)n1C[C@H]1COO1. The van der Waals surface area contributed by atoms with E-state index in [1.807, 2.05) is 0 Å². The Bertz CT molecular complexity index is 1460. The van der Waals surface area contributed by atoms with Gasteiger partial charge < -0.3 is 4.74 Å². The van der Waals surface area contributed by atoms with Gasteiger partial charge in [0.05, 0.1) is 30.5 Å². The van der Waals surface area contributed by atoms with Crippen molar-refractivity contribution >= 4 is 29.0 Å². The molecule has 3 heterocycles. The van der Waals surface area contributed by atoms with Crippen molar-refractivity contribution in [1.82, 2.24) is 22.9 Å². The third-order valence-corrected chi connectivity index (χ3v) is 5.63. The standard InChI is InChI=1S/C21H17ClN6O5S/c22-14-3-1-13(2-4-14)10-27-19(25-20(29)28(21(27)30)11-17-12-31-33-17)24-15-5-7-16(8-6-15)32-18-9-23-34-26-18/h1-9,17H,10-12H2,(H,24,25,29)/t17-/m0/s1. The number of nitrogens with zero attached hydrogens (tertiary/aromatic N) is 5. The monoisotopic (exact) mass is 500 g/mol. The average molecular weight is 501 g/mol. The molecule has 1 atom stereocenters. The lowest BCUT2D eigenvalue weighted by Gasteiger charge is -2.24. The summed E-state index contributed by atoms with van der Waals surface area (Å²) in [6.45, 7) is 0.540. The van der Waals surface area contributed by atoms with Gasteiger partial charge in [-0.2, -0.15) is 4.37 Å². The lowest BCUT2D eigenvalue weighted by atomic mass is 10.2. The fourth-order valence-corrected chi connectivity index (χ4v) is 3.68. The summed E-state index contributed by atoms with van der Waals surface area (Å²) < 4.78 is 15.9. The van der Waals surface area contributed by atoms with Gasteiger partial charge in [0.15, 0.2) is 0 Å². The van der Waals surface area contributed by atoms with Gasteiger partial charge in [0, 0.05) is 5.02 Å². The number of aromatic nitrogens is 5. The number of hydrogen-bond acceptors (Lipinski definition) is 9. The van der Waals surface area contributed by atoms with Gasteiger partial charge in [-0.3, -0.25) is 9.55 Å². The highest BCUT2D eigenvalue weighted by atomic mass is 35.5. The summed E-state index contributed by atoms with van der Waals surface area (Å²) in [5.74, 6) is 0.941. The number of ether oxygens (including phenoxy) is 1. The molecule has 1 N–H and O–H groups in total. The summed E-state index contributed by atoms with van der Waals surface area (Å²) >= 11 is 7.03. The van der Waals surface area contributed by atoms with Crippen molar-refractivity contribution in [3.63, 3.8) is 0 Å². The number of H-pyrrole nitrogens is 1. The maximum absolute atomic E-state index is 13.3. The van der Waals surface area contributed by atoms with Gasteiger partial charge in [0.2, 0.25) is 5.62 Å². The molecule has 1 aliphatic rings. The van der Waals surface area contributed by atoms with Crippen LogP contribution in [0.1, 0.15) is 5.56 Å². The van der Waals surface area contributed by atoms with Crippen LogP contribution in [0.3, 0.4) is 0 Å². The lowest BCUT2D eigenvalue weighted by Crippen LogP contribution is -2.52. The predicted molar refractivity (Wildman–Crippen MR) is 122 cm³/mol. The van der Waals surface area contributed by atoms with Crippen molar-refractivity contribution in [1.29, 1.82) is 0 Å². The first-order valence-corrected chi connectivity index (χ1v) is 11.2. The number of hydrogen-bond donors (Lipinski definition) is 1. The van der Waals surface area contributed by atoms with E-state index in [2.05, 4.69) is 23.6 Å². The van der Waals surface area contributed by atoms with E-state index in [0.29, 0.717) is 28.9 Å². The van der Waals surface area contributed by atoms with E-state index in [1.54, 1.807) is 48.5 Å². The van der Waals surface area contributed by atoms with Crippen LogP contribution >= 0.6 is 23.3 Å². The van der Waals surface area contributed by atoms with Crippen LogP contribution < -0.4 is 21.7 Å². The van der Waals surface area contributed by atoms with Crippen molar-refractivity contribution < 1.29 is 14.5 Å². The first kappa shape index (κ1) is 22.2. The number of aromatic amines is 1. The zero-order chi connectivity index (χ0) is 23.5. The largest absolute Gasteiger partial charge is 0.437 e. The Kier molecular flexibility index (Phi) is 6.36. The summed E-state index contributed by atoms with van der Waals surface area (Å²) in [6, 6.07) is 13.9. The normalized spacial score (nSPS) is 15.8. The smallest absolute Gasteiger partial charge is 0.335 e. The van der Waals surface area contributed by atoms with Gasteiger partial charge in [0.1, 0.15) is 24.7 Å². The maximum atomic E-state index is 13.3. The highest BCUT2D eigenvalue weighted by Gasteiger charge is 2.23. The topological polar surface area (TPSA) is 126 Å². The molecule has 13 heteroatoms. The quantitative estimate of drug-likeness (QED) is 0.386. The Hall–Kier alpha value is -3.58. The highest BCUT2D eigenvalue weighted by molar-refractivity contribution is 6.99. The molecule has 11 nitrogen and oxygen atoms in total. The molecule has 2 aromatic heterocycles. The van der Waals surface area contributed by atoms with E-state index < -0.39 is 11.4 Å². The van der Waals surface area contributed by atoms with Crippen LogP contribution in [0.25, 0.3) is 0 Å². The molecular formula is C21H17ClN6O5S. The van der Waals surface area contributed by atoms with E-state index in [0.717, 1.165) is 21.9 Å². The molecule has 0 aliphatic carbocycles. The molecule has 1 fully saturated rings. The number of rotatable bonds is 7. The number of nitrogens with one attached hydrogen (secondary N) is 1. The minimum Gasteiger partial charge on any atom is -0.437 e. The van der Waals surface area contributed by atoms with Crippen molar-refractivity contribution in [2.45, 2.75) is 19.2 Å². The van der Waals surface area contributed by atoms with Crippen molar-refractivity contribution in [2.75, 3.05) is 6.61 Å². The minimum atomic E-state index is -0.595. The molecule has 4 aromatic rings. The third kappa shape index (κ3) is 4.99. The molecule has 5 rings (SSSR count). The van der Waals surface area contributed by atoms with Crippen molar-refractivity contribution in [2.24, 2.45) is 4.99 Å². The fraction of sp³-hybridized carbons (Fsp3) is 0.190. The van der Waals surface area contributed by atoms with E-state index in [-0.39, 0.29) is 24.8 Å². The Morgan fingerprint density at radius 1 is 1.15 bits per heavy atom. The van der Waals surface area contributed by atoms with E-state index in [9.17, 15) is 9.59 Å². The fourth-order valence-electron chi connectivity index (χ4n) is 3.20. The summed E-state index contributed by atoms with van der Waals surface area (Å²) in [5, 5.41) is 0.579. The summed E-state index contributed by atoms with van der Waals surface area (Å²) in [7, 11) is 0. The van der Waals surface area contributed by atoms with Crippen molar-refractivity contribution in [3.05, 3.63) is 91.9 Å². The van der Waals surface area contributed by atoms with Crippen LogP contribution in [-0.2, 0) is 22.9 Å². The van der Waals surface area contributed by atoms with Crippen LogP contribution in [0.4, 0.5) is 5.69 Å². The van der Waals surface area contributed by atoms with Gasteiger partial charge in [-0.1, -0.05) is 23.7 Å². The van der Waals surface area contributed by atoms with Gasteiger partial charge in [-0.05, 0) is 42.0 Å².